The van der Waals surface area contributed by atoms with Gasteiger partial charge in [0.05, 0.1) is 16.7 Å². The molecule has 0 aliphatic carbocycles. The largest absolute Gasteiger partial charge is 0.483 e. The first-order valence-electron chi connectivity index (χ1n) is 8.73. The number of alkyl halides is 3. The van der Waals surface area contributed by atoms with Crippen LogP contribution >= 0.6 is 11.3 Å². The predicted octanol–water partition coefficient (Wildman–Crippen LogP) is 2.03. The Morgan fingerprint density at radius 3 is 2.47 bits per heavy atom. The first-order chi connectivity index (χ1) is 13.9. The third-order valence-corrected chi connectivity index (χ3v) is 6.35. The molecule has 0 bridgehead atoms. The Balaban J connectivity index is 1.81. The van der Waals surface area contributed by atoms with Crippen LogP contribution in [0.5, 0.6) is 5.75 Å². The Hall–Kier alpha value is -2.54. The molecule has 30 heavy (non-hydrogen) atoms. The van der Waals surface area contributed by atoms with Gasteiger partial charge < -0.3 is 20.3 Å². The predicted molar refractivity (Wildman–Crippen MR) is 106 cm³/mol. The van der Waals surface area contributed by atoms with E-state index in [9.17, 15) is 26.4 Å². The number of rotatable bonds is 5. The molecular weight excluding hydrogens is 445 g/mol. The molecule has 1 aromatic heterocycles. The molecule has 2 heterocycles. The van der Waals surface area contributed by atoms with Crippen molar-refractivity contribution >= 4 is 37.2 Å². The normalized spacial score (nSPS) is 15.3. The number of ether oxygens (including phenoxy) is 1. The van der Waals surface area contributed by atoms with Crippen LogP contribution in [-0.2, 0) is 9.84 Å². The highest BCUT2D eigenvalue weighted by Gasteiger charge is 2.31. The van der Waals surface area contributed by atoms with Crippen LogP contribution < -0.4 is 15.4 Å². The summed E-state index contributed by atoms with van der Waals surface area (Å²) in [4.78, 5) is 20.4. The van der Waals surface area contributed by atoms with Crippen LogP contribution in [0.15, 0.2) is 29.3 Å². The van der Waals surface area contributed by atoms with E-state index in [0.717, 1.165) is 24.5 Å². The van der Waals surface area contributed by atoms with Gasteiger partial charge in [-0.2, -0.15) is 13.2 Å². The third kappa shape index (κ3) is 5.33. The lowest BCUT2D eigenvalue weighted by molar-refractivity contribution is -0.153. The van der Waals surface area contributed by atoms with Crippen molar-refractivity contribution in [2.75, 3.05) is 49.7 Å². The number of thiazole rings is 1. The summed E-state index contributed by atoms with van der Waals surface area (Å²) in [5.41, 5.74) is 5.46. The second-order valence-electron chi connectivity index (χ2n) is 6.66. The fourth-order valence-corrected chi connectivity index (χ4v) is 4.27. The smallest absolute Gasteiger partial charge is 0.422 e. The van der Waals surface area contributed by atoms with Gasteiger partial charge >= 0.3 is 6.18 Å². The summed E-state index contributed by atoms with van der Waals surface area (Å²) >= 11 is 1.31. The number of benzene rings is 1. The number of hydrogen-bond acceptors (Lipinski definition) is 8. The minimum Gasteiger partial charge on any atom is -0.483 e. The summed E-state index contributed by atoms with van der Waals surface area (Å²) in [6.07, 6.45) is -2.11. The molecule has 0 radical (unpaired) electrons. The van der Waals surface area contributed by atoms with E-state index >= 15 is 0 Å². The fourth-order valence-electron chi connectivity index (χ4n) is 2.89. The fraction of sp³-hybridized carbons (Fsp3) is 0.412. The van der Waals surface area contributed by atoms with E-state index in [0.29, 0.717) is 23.2 Å². The van der Waals surface area contributed by atoms with Crippen molar-refractivity contribution < 1.29 is 31.1 Å². The molecule has 1 saturated heterocycles. The lowest BCUT2D eigenvalue weighted by atomic mass is 10.1. The quantitative estimate of drug-likeness (QED) is 0.722. The van der Waals surface area contributed by atoms with Crippen molar-refractivity contribution in [2.24, 2.45) is 0 Å². The van der Waals surface area contributed by atoms with E-state index in [1.807, 2.05) is 4.90 Å². The van der Waals surface area contributed by atoms with E-state index in [1.165, 1.54) is 16.2 Å². The molecule has 0 atom stereocenters. The van der Waals surface area contributed by atoms with Crippen molar-refractivity contribution in [2.45, 2.75) is 11.1 Å². The molecule has 1 aliphatic rings. The summed E-state index contributed by atoms with van der Waals surface area (Å²) in [5.74, 6) is -0.921. The average molecular weight is 464 g/mol. The van der Waals surface area contributed by atoms with Crippen LogP contribution in [-0.4, -0.2) is 69.4 Å². The van der Waals surface area contributed by atoms with Crippen LogP contribution in [0, 0.1) is 0 Å². The van der Waals surface area contributed by atoms with Gasteiger partial charge in [0.2, 0.25) is 0 Å². The number of carbonyl (C=O) groups is 1. The minimum atomic E-state index is -4.60. The van der Waals surface area contributed by atoms with Crippen molar-refractivity contribution in [1.29, 1.82) is 0 Å². The Labute approximate surface area is 175 Å². The number of sulfone groups is 1. The maximum Gasteiger partial charge on any atom is 0.422 e. The van der Waals surface area contributed by atoms with E-state index in [-0.39, 0.29) is 29.3 Å². The summed E-state index contributed by atoms with van der Waals surface area (Å²) in [7, 11) is -3.67. The van der Waals surface area contributed by atoms with Gasteiger partial charge in [-0.3, -0.25) is 4.79 Å². The highest BCUT2D eigenvalue weighted by Crippen LogP contribution is 2.28. The molecule has 0 spiro atoms. The van der Waals surface area contributed by atoms with Gasteiger partial charge in [-0.1, -0.05) is 11.3 Å². The molecule has 13 heteroatoms. The molecule has 1 fully saturated rings. The molecular formula is C17H19F3N4O4S2. The van der Waals surface area contributed by atoms with Crippen LogP contribution in [0.3, 0.4) is 0 Å². The highest BCUT2D eigenvalue weighted by atomic mass is 32.2. The number of nitrogens with zero attached hydrogens (tertiary/aromatic N) is 3. The Morgan fingerprint density at radius 2 is 1.93 bits per heavy atom. The summed E-state index contributed by atoms with van der Waals surface area (Å²) in [5, 5.41) is 1.28. The lowest BCUT2D eigenvalue weighted by Gasteiger charge is -2.34. The zero-order valence-electron chi connectivity index (χ0n) is 15.8. The van der Waals surface area contributed by atoms with E-state index < -0.39 is 28.5 Å². The number of carbonyl (C=O) groups excluding carboxylic acids is 1. The number of hydrogen-bond donors (Lipinski definition) is 1. The second kappa shape index (κ2) is 8.30. The van der Waals surface area contributed by atoms with Crippen LogP contribution in [0.1, 0.15) is 10.4 Å². The first kappa shape index (κ1) is 22.2. The lowest BCUT2D eigenvalue weighted by Crippen LogP contribution is -2.48. The number of anilines is 2. The number of piperazine rings is 1. The van der Waals surface area contributed by atoms with E-state index in [1.54, 1.807) is 6.20 Å². The maximum atomic E-state index is 13.0. The molecule has 164 valence electrons. The zero-order valence-corrected chi connectivity index (χ0v) is 17.5. The van der Waals surface area contributed by atoms with E-state index in [4.69, 9.17) is 10.5 Å². The Morgan fingerprint density at radius 1 is 1.27 bits per heavy atom. The minimum absolute atomic E-state index is 0.179. The van der Waals surface area contributed by atoms with Crippen molar-refractivity contribution in [3.63, 3.8) is 0 Å². The summed E-state index contributed by atoms with van der Waals surface area (Å²) < 4.78 is 66.2. The van der Waals surface area contributed by atoms with Crippen LogP contribution in [0.25, 0.3) is 0 Å². The van der Waals surface area contributed by atoms with Crippen molar-refractivity contribution in [3.05, 3.63) is 30.0 Å². The Kier molecular flexibility index (Phi) is 6.13. The monoisotopic (exact) mass is 464 g/mol. The molecule has 8 nitrogen and oxygen atoms in total. The molecule has 2 aromatic rings. The Bertz CT molecular complexity index is 1030. The van der Waals surface area contributed by atoms with Crippen LogP contribution in [0.4, 0.5) is 23.3 Å². The topological polar surface area (TPSA) is 106 Å². The zero-order chi connectivity index (χ0) is 22.1. The first-order valence-corrected chi connectivity index (χ1v) is 11.4. The second-order valence-corrected chi connectivity index (χ2v) is 9.71. The standard InChI is InChI=1S/C17H19F3N4O4S2/c1-30(26,27)11-2-3-13(28-10-17(18,19)20)12(8-11)15(25)23-4-6-24(7-5-23)16-22-9-14(21)29-16/h2-3,8-9H,4-7,10,21H2,1H3. The SMILES string of the molecule is CS(=O)(=O)c1ccc(OCC(F)(F)F)c(C(=O)N2CCN(c3ncc(N)s3)CC2)c1. The van der Waals surface area contributed by atoms with Gasteiger partial charge in [0.15, 0.2) is 21.6 Å². The number of nitrogens with two attached hydrogens (primary N) is 1. The van der Waals surface area contributed by atoms with Gasteiger partial charge in [0, 0.05) is 32.4 Å². The average Bonchev–Trinajstić information content (AvgIpc) is 3.11. The van der Waals surface area contributed by atoms with E-state index in [2.05, 4.69) is 4.98 Å². The number of halogens is 3. The number of amides is 1. The van der Waals surface area contributed by atoms with Gasteiger partial charge in [-0.05, 0) is 18.2 Å². The summed E-state index contributed by atoms with van der Waals surface area (Å²) in [6, 6.07) is 3.24. The molecule has 2 N–H and O–H groups in total. The molecule has 3 rings (SSSR count). The number of nitrogen functional groups attached to an aromatic ring is 1. The highest BCUT2D eigenvalue weighted by molar-refractivity contribution is 7.90. The molecule has 0 unspecified atom stereocenters. The van der Waals surface area contributed by atoms with Gasteiger partial charge in [-0.25, -0.2) is 13.4 Å². The summed E-state index contributed by atoms with van der Waals surface area (Å²) in [6.45, 7) is -0.141. The molecule has 1 aromatic carbocycles. The third-order valence-electron chi connectivity index (χ3n) is 4.35. The molecule has 1 amide bonds. The van der Waals surface area contributed by atoms with Crippen LogP contribution in [0.2, 0.25) is 0 Å². The van der Waals surface area contributed by atoms with Gasteiger partial charge in [0.1, 0.15) is 10.8 Å². The van der Waals surface area contributed by atoms with Crippen molar-refractivity contribution in [1.82, 2.24) is 9.88 Å². The number of aromatic nitrogens is 1. The molecule has 1 aliphatic heterocycles. The molecule has 0 saturated carbocycles. The van der Waals surface area contributed by atoms with Gasteiger partial charge in [0.25, 0.3) is 5.91 Å². The van der Waals surface area contributed by atoms with Crippen molar-refractivity contribution in [3.8, 4) is 5.75 Å². The van der Waals surface area contributed by atoms with Gasteiger partial charge in [-0.15, -0.1) is 0 Å². The maximum absolute atomic E-state index is 13.0.